The largest absolute Gasteiger partial charge is 0.673 e. The molecular weight excluding hydrogens is 246 g/mol. The smallest absolute Gasteiger partial charge is 0 e. The van der Waals surface area contributed by atoms with Gasteiger partial charge in [0.25, 0.3) is 0 Å². The Labute approximate surface area is 53.6 Å². The van der Waals surface area contributed by atoms with Crippen molar-refractivity contribution in [1.29, 1.82) is 0 Å². The van der Waals surface area contributed by atoms with Gasteiger partial charge in [-0.25, -0.2) is 0 Å². The summed E-state index contributed by atoms with van der Waals surface area (Å²) in [6, 6.07) is 0. The van der Waals surface area contributed by atoms with Gasteiger partial charge < -0.3 is 5.73 Å². The maximum absolute atomic E-state index is 6.94. The Morgan fingerprint density at radius 1 is 1.17 bits per heavy atom. The monoisotopic (exact) mass is 256 g/mol. The SMILES string of the molecule is CC(C)(C)[NH-].[W]. The van der Waals surface area contributed by atoms with E-state index < -0.39 is 0 Å². The first-order valence-corrected chi connectivity index (χ1v) is 1.75. The van der Waals surface area contributed by atoms with Crippen LogP contribution in [0.25, 0.3) is 5.73 Å². The van der Waals surface area contributed by atoms with Gasteiger partial charge in [0.2, 0.25) is 0 Å². The van der Waals surface area contributed by atoms with Gasteiger partial charge in [0.05, 0.1) is 0 Å². The number of hydrogen-bond donors (Lipinski definition) is 0. The standard InChI is InChI=1S/C4H10N.W/c1-4(2,3)5;/h5H,1-3H3;/q-1;. The van der Waals surface area contributed by atoms with E-state index in [1.54, 1.807) is 0 Å². The molecule has 0 aliphatic heterocycles. The van der Waals surface area contributed by atoms with Crippen molar-refractivity contribution in [3.05, 3.63) is 5.73 Å². The van der Waals surface area contributed by atoms with E-state index in [1.165, 1.54) is 0 Å². The van der Waals surface area contributed by atoms with Crippen LogP contribution in [-0.4, -0.2) is 5.54 Å². The van der Waals surface area contributed by atoms with Crippen molar-refractivity contribution in [1.82, 2.24) is 0 Å². The fourth-order valence-corrected chi connectivity index (χ4v) is 0. The molecule has 0 aromatic rings. The number of hydrogen-bond acceptors (Lipinski definition) is 0. The van der Waals surface area contributed by atoms with Crippen LogP contribution in [0.3, 0.4) is 0 Å². The van der Waals surface area contributed by atoms with Gasteiger partial charge in [0.1, 0.15) is 0 Å². The van der Waals surface area contributed by atoms with Gasteiger partial charge in [-0.2, -0.15) is 0 Å². The first-order valence-electron chi connectivity index (χ1n) is 1.75. The molecule has 0 rings (SSSR count). The summed E-state index contributed by atoms with van der Waals surface area (Å²) in [6.45, 7) is 5.56. The molecule has 0 spiro atoms. The number of rotatable bonds is 0. The summed E-state index contributed by atoms with van der Waals surface area (Å²) in [5.41, 5.74) is 6.69. The molecule has 0 saturated carbocycles. The molecule has 2 heteroatoms. The molecule has 0 aliphatic carbocycles. The molecule has 0 unspecified atom stereocenters. The number of nitrogens with one attached hydrogen (secondary N) is 1. The Morgan fingerprint density at radius 2 is 1.17 bits per heavy atom. The van der Waals surface area contributed by atoms with E-state index in [2.05, 4.69) is 0 Å². The van der Waals surface area contributed by atoms with Crippen LogP contribution in [0.5, 0.6) is 0 Å². The van der Waals surface area contributed by atoms with Crippen molar-refractivity contribution in [2.75, 3.05) is 0 Å². The third-order valence-electron chi connectivity index (χ3n) is 0. The van der Waals surface area contributed by atoms with Crippen molar-refractivity contribution in [3.63, 3.8) is 0 Å². The summed E-state index contributed by atoms with van der Waals surface area (Å²) in [6.07, 6.45) is 0. The minimum absolute atomic E-state index is 0. The van der Waals surface area contributed by atoms with Crippen molar-refractivity contribution < 1.29 is 21.1 Å². The zero-order chi connectivity index (χ0) is 4.50. The van der Waals surface area contributed by atoms with Crippen molar-refractivity contribution in [3.8, 4) is 0 Å². The third-order valence-corrected chi connectivity index (χ3v) is 0. The molecule has 0 aromatic heterocycles. The second-order valence-corrected chi connectivity index (χ2v) is 2.25. The van der Waals surface area contributed by atoms with Crippen LogP contribution < -0.4 is 0 Å². The van der Waals surface area contributed by atoms with Crippen LogP contribution in [0.4, 0.5) is 0 Å². The normalized spacial score (nSPS) is 10.0. The zero-order valence-electron chi connectivity index (χ0n) is 4.41. The summed E-state index contributed by atoms with van der Waals surface area (Å²) in [7, 11) is 0. The second kappa shape index (κ2) is 2.76. The van der Waals surface area contributed by atoms with E-state index in [9.17, 15) is 0 Å². The van der Waals surface area contributed by atoms with E-state index in [0.29, 0.717) is 0 Å². The average molecular weight is 256 g/mol. The zero-order valence-corrected chi connectivity index (χ0v) is 7.34. The molecule has 0 aliphatic rings. The van der Waals surface area contributed by atoms with Gasteiger partial charge >= 0.3 is 0 Å². The Balaban J connectivity index is 0. The molecule has 38 valence electrons. The summed E-state index contributed by atoms with van der Waals surface area (Å²) >= 11 is 0. The van der Waals surface area contributed by atoms with Gasteiger partial charge in [-0.3, -0.25) is 0 Å². The van der Waals surface area contributed by atoms with E-state index in [1.807, 2.05) is 20.8 Å². The predicted molar refractivity (Wildman–Crippen MR) is 24.1 cm³/mol. The first-order chi connectivity index (χ1) is 2.00. The second-order valence-electron chi connectivity index (χ2n) is 2.25. The van der Waals surface area contributed by atoms with Crippen LogP contribution in [-0.2, 0) is 21.1 Å². The summed E-state index contributed by atoms with van der Waals surface area (Å²) in [4.78, 5) is 0. The van der Waals surface area contributed by atoms with Crippen LogP contribution in [0, 0.1) is 0 Å². The summed E-state index contributed by atoms with van der Waals surface area (Å²) in [5, 5.41) is 0. The Bertz CT molecular complexity index is 23.0. The van der Waals surface area contributed by atoms with E-state index in [-0.39, 0.29) is 26.6 Å². The van der Waals surface area contributed by atoms with Gasteiger partial charge in [-0.05, 0) is 0 Å². The molecule has 0 bridgehead atoms. The molecule has 0 fully saturated rings. The summed E-state index contributed by atoms with van der Waals surface area (Å²) in [5.74, 6) is 0. The van der Waals surface area contributed by atoms with E-state index in [4.69, 9.17) is 5.73 Å². The van der Waals surface area contributed by atoms with Crippen molar-refractivity contribution in [2.24, 2.45) is 0 Å². The minimum atomic E-state index is -0.250. The minimum Gasteiger partial charge on any atom is -0.673 e. The Morgan fingerprint density at radius 3 is 1.17 bits per heavy atom. The topological polar surface area (TPSA) is 23.8 Å². The van der Waals surface area contributed by atoms with Gasteiger partial charge in [-0.15, -0.1) is 5.54 Å². The molecule has 0 aromatic carbocycles. The van der Waals surface area contributed by atoms with Crippen molar-refractivity contribution in [2.45, 2.75) is 26.3 Å². The molecule has 6 heavy (non-hydrogen) atoms. The fraction of sp³-hybridized carbons (Fsp3) is 1.00. The maximum Gasteiger partial charge on any atom is 0 e. The molecule has 0 radical (unpaired) electrons. The van der Waals surface area contributed by atoms with Gasteiger partial charge in [-0.1, -0.05) is 20.8 Å². The molecule has 0 amide bonds. The average Bonchev–Trinajstić information content (AvgIpc) is 0.722. The van der Waals surface area contributed by atoms with Gasteiger partial charge in [0.15, 0.2) is 0 Å². The van der Waals surface area contributed by atoms with E-state index >= 15 is 0 Å². The molecule has 1 N–H and O–H groups in total. The molecule has 0 saturated heterocycles. The molecule has 1 nitrogen and oxygen atoms in total. The van der Waals surface area contributed by atoms with E-state index in [0.717, 1.165) is 0 Å². The quantitative estimate of drug-likeness (QED) is 0.631. The van der Waals surface area contributed by atoms with Crippen LogP contribution in [0.15, 0.2) is 0 Å². The Hall–Kier alpha value is 0.648. The van der Waals surface area contributed by atoms with Crippen LogP contribution >= 0.6 is 0 Å². The van der Waals surface area contributed by atoms with Crippen LogP contribution in [0.2, 0.25) is 0 Å². The molecular formula is C4H10NW-. The predicted octanol–water partition coefficient (Wildman–Crippen LogP) is 1.83. The van der Waals surface area contributed by atoms with Gasteiger partial charge in [0, 0.05) is 21.1 Å². The molecule has 0 heterocycles. The van der Waals surface area contributed by atoms with Crippen molar-refractivity contribution >= 4 is 0 Å². The first kappa shape index (κ1) is 9.82. The van der Waals surface area contributed by atoms with Crippen LogP contribution in [0.1, 0.15) is 20.8 Å². The molecule has 0 atom stereocenters. The summed E-state index contributed by atoms with van der Waals surface area (Å²) < 4.78 is 0. The Kier molecular flexibility index (Phi) is 4.52. The third kappa shape index (κ3) is 147. The maximum atomic E-state index is 6.94. The fourth-order valence-electron chi connectivity index (χ4n) is 0.